The van der Waals surface area contributed by atoms with Crippen LogP contribution in [-0.4, -0.2) is 16.6 Å². The lowest BCUT2D eigenvalue weighted by atomic mass is 9.94. The van der Waals surface area contributed by atoms with Crippen molar-refractivity contribution in [3.05, 3.63) is 39.4 Å². The van der Waals surface area contributed by atoms with Gasteiger partial charge in [-0.3, -0.25) is 10.1 Å². The molecular weight excluding hydrogens is 222 g/mol. The van der Waals surface area contributed by atoms with E-state index in [4.69, 9.17) is 5.73 Å². The van der Waals surface area contributed by atoms with Crippen molar-refractivity contribution in [2.24, 2.45) is 5.73 Å². The maximum Gasteiger partial charge on any atom is 0.278 e. The van der Waals surface area contributed by atoms with Crippen molar-refractivity contribution in [1.29, 1.82) is 0 Å². The van der Waals surface area contributed by atoms with Gasteiger partial charge in [-0.25, -0.2) is 8.78 Å². The van der Waals surface area contributed by atoms with Crippen LogP contribution in [0.1, 0.15) is 12.5 Å². The van der Waals surface area contributed by atoms with Gasteiger partial charge in [0.2, 0.25) is 0 Å². The van der Waals surface area contributed by atoms with Crippen LogP contribution in [0, 0.1) is 21.7 Å². The van der Waals surface area contributed by atoms with E-state index in [2.05, 4.69) is 0 Å². The Morgan fingerprint density at radius 3 is 2.44 bits per heavy atom. The molecule has 0 saturated carbocycles. The third kappa shape index (κ3) is 2.15. The summed E-state index contributed by atoms with van der Waals surface area (Å²) < 4.78 is 25.8. The highest BCUT2D eigenvalue weighted by molar-refractivity contribution is 5.44. The average molecular weight is 232 g/mol. The number of hydrogen-bond donors (Lipinski definition) is 2. The lowest BCUT2D eigenvalue weighted by molar-refractivity contribution is -0.386. The van der Waals surface area contributed by atoms with E-state index in [0.29, 0.717) is 12.1 Å². The molecule has 0 amide bonds. The lowest BCUT2D eigenvalue weighted by Gasteiger charge is -2.21. The standard InChI is InChI=1S/C9H10F2N2O3/c1-9(14,4-12)5-2-6(10)7(11)3-8(5)13(15)16/h2-3,14H,4,12H2,1H3. The summed E-state index contributed by atoms with van der Waals surface area (Å²) >= 11 is 0. The molecule has 0 saturated heterocycles. The van der Waals surface area contributed by atoms with Crippen LogP contribution in [0.15, 0.2) is 12.1 Å². The Labute approximate surface area is 89.6 Å². The predicted octanol–water partition coefficient (Wildman–Crippen LogP) is 1.04. The zero-order chi connectivity index (χ0) is 12.5. The quantitative estimate of drug-likeness (QED) is 0.601. The van der Waals surface area contributed by atoms with Crippen LogP contribution in [0.2, 0.25) is 0 Å². The molecule has 1 aromatic carbocycles. The SMILES string of the molecule is CC(O)(CN)c1cc(F)c(F)cc1[N+](=O)[O-]. The number of nitro groups is 1. The molecule has 7 heteroatoms. The summed E-state index contributed by atoms with van der Waals surface area (Å²) in [6.07, 6.45) is 0. The maximum atomic E-state index is 12.9. The summed E-state index contributed by atoms with van der Waals surface area (Å²) in [5.74, 6) is -2.61. The first-order chi connectivity index (χ1) is 7.29. The molecule has 0 fully saturated rings. The summed E-state index contributed by atoms with van der Waals surface area (Å²) in [6, 6.07) is 1.01. The van der Waals surface area contributed by atoms with Crippen molar-refractivity contribution >= 4 is 5.69 Å². The lowest BCUT2D eigenvalue weighted by Crippen LogP contribution is -2.32. The van der Waals surface area contributed by atoms with Crippen molar-refractivity contribution in [2.75, 3.05) is 6.54 Å². The summed E-state index contributed by atoms with van der Waals surface area (Å²) in [5.41, 5.74) is 2.38. The smallest absolute Gasteiger partial charge is 0.278 e. The van der Waals surface area contributed by atoms with E-state index in [1.165, 1.54) is 6.92 Å². The Balaban J connectivity index is 3.48. The highest BCUT2D eigenvalue weighted by atomic mass is 19.2. The molecule has 0 aliphatic carbocycles. The molecule has 0 aromatic heterocycles. The van der Waals surface area contributed by atoms with E-state index in [1.54, 1.807) is 0 Å². The molecule has 1 rings (SSSR count). The van der Waals surface area contributed by atoms with Crippen LogP contribution in [0.3, 0.4) is 0 Å². The Kier molecular flexibility index (Phi) is 3.20. The fourth-order valence-electron chi connectivity index (χ4n) is 1.23. The highest BCUT2D eigenvalue weighted by Gasteiger charge is 2.31. The topological polar surface area (TPSA) is 89.4 Å². The summed E-state index contributed by atoms with van der Waals surface area (Å²) in [4.78, 5) is 9.71. The van der Waals surface area contributed by atoms with Gasteiger partial charge in [0.05, 0.1) is 16.6 Å². The number of benzene rings is 1. The van der Waals surface area contributed by atoms with E-state index in [0.717, 1.165) is 0 Å². The fraction of sp³-hybridized carbons (Fsp3) is 0.333. The monoisotopic (exact) mass is 232 g/mol. The van der Waals surface area contributed by atoms with Gasteiger partial charge in [0.25, 0.3) is 5.69 Å². The molecular formula is C9H10F2N2O3. The molecule has 16 heavy (non-hydrogen) atoms. The van der Waals surface area contributed by atoms with Crippen LogP contribution in [0.5, 0.6) is 0 Å². The van der Waals surface area contributed by atoms with E-state index in [1.807, 2.05) is 0 Å². The van der Waals surface area contributed by atoms with Crippen LogP contribution in [0.25, 0.3) is 0 Å². The maximum absolute atomic E-state index is 12.9. The van der Waals surface area contributed by atoms with Crippen molar-refractivity contribution < 1.29 is 18.8 Å². The number of nitrogens with zero attached hydrogens (tertiary/aromatic N) is 1. The zero-order valence-corrected chi connectivity index (χ0v) is 8.41. The second-order valence-corrected chi connectivity index (χ2v) is 3.52. The molecule has 0 heterocycles. The van der Waals surface area contributed by atoms with Crippen LogP contribution in [-0.2, 0) is 5.60 Å². The van der Waals surface area contributed by atoms with Crippen LogP contribution >= 0.6 is 0 Å². The largest absolute Gasteiger partial charge is 0.384 e. The number of rotatable bonds is 3. The molecule has 0 aliphatic heterocycles. The number of aliphatic hydroxyl groups is 1. The van der Waals surface area contributed by atoms with Crippen molar-refractivity contribution in [1.82, 2.24) is 0 Å². The van der Waals surface area contributed by atoms with Gasteiger partial charge in [-0.05, 0) is 13.0 Å². The van der Waals surface area contributed by atoms with E-state index < -0.39 is 27.8 Å². The van der Waals surface area contributed by atoms with Gasteiger partial charge >= 0.3 is 0 Å². The molecule has 1 unspecified atom stereocenters. The minimum atomic E-state index is -1.78. The molecule has 0 radical (unpaired) electrons. The van der Waals surface area contributed by atoms with Crippen molar-refractivity contribution in [2.45, 2.75) is 12.5 Å². The summed E-state index contributed by atoms with van der Waals surface area (Å²) in [7, 11) is 0. The minimum Gasteiger partial charge on any atom is -0.384 e. The Morgan fingerprint density at radius 1 is 1.50 bits per heavy atom. The Hall–Kier alpha value is -1.60. The third-order valence-electron chi connectivity index (χ3n) is 2.21. The first kappa shape index (κ1) is 12.5. The van der Waals surface area contributed by atoms with E-state index >= 15 is 0 Å². The van der Waals surface area contributed by atoms with Gasteiger partial charge in [0.15, 0.2) is 11.6 Å². The van der Waals surface area contributed by atoms with Gasteiger partial charge < -0.3 is 10.8 Å². The average Bonchev–Trinajstić information content (AvgIpc) is 2.21. The van der Waals surface area contributed by atoms with Gasteiger partial charge in [-0.2, -0.15) is 0 Å². The first-order valence-corrected chi connectivity index (χ1v) is 4.36. The molecule has 0 spiro atoms. The van der Waals surface area contributed by atoms with Crippen LogP contribution in [0.4, 0.5) is 14.5 Å². The third-order valence-corrected chi connectivity index (χ3v) is 2.21. The summed E-state index contributed by atoms with van der Waals surface area (Å²) in [6.45, 7) is 0.839. The number of halogens is 2. The number of nitrogens with two attached hydrogens (primary N) is 1. The molecule has 3 N–H and O–H groups in total. The molecule has 0 aliphatic rings. The van der Waals surface area contributed by atoms with Crippen molar-refractivity contribution in [3.63, 3.8) is 0 Å². The van der Waals surface area contributed by atoms with E-state index in [9.17, 15) is 24.0 Å². The molecule has 88 valence electrons. The van der Waals surface area contributed by atoms with Crippen molar-refractivity contribution in [3.8, 4) is 0 Å². The molecule has 5 nitrogen and oxygen atoms in total. The molecule has 0 bridgehead atoms. The molecule has 1 aromatic rings. The summed E-state index contributed by atoms with van der Waals surface area (Å²) in [5, 5.41) is 20.3. The fourth-order valence-corrected chi connectivity index (χ4v) is 1.23. The van der Waals surface area contributed by atoms with Gasteiger partial charge in [0.1, 0.15) is 5.60 Å². The number of nitro benzene ring substituents is 1. The second-order valence-electron chi connectivity index (χ2n) is 3.52. The van der Waals surface area contributed by atoms with Gasteiger partial charge in [0, 0.05) is 6.54 Å². The second kappa shape index (κ2) is 4.11. The first-order valence-electron chi connectivity index (χ1n) is 4.36. The van der Waals surface area contributed by atoms with Crippen LogP contribution < -0.4 is 5.73 Å². The van der Waals surface area contributed by atoms with Gasteiger partial charge in [-0.1, -0.05) is 0 Å². The highest BCUT2D eigenvalue weighted by Crippen LogP contribution is 2.30. The zero-order valence-electron chi connectivity index (χ0n) is 8.41. The Bertz CT molecular complexity index is 435. The predicted molar refractivity (Wildman–Crippen MR) is 51.6 cm³/mol. The molecule has 1 atom stereocenters. The Morgan fingerprint density at radius 2 is 2.00 bits per heavy atom. The van der Waals surface area contributed by atoms with E-state index in [-0.39, 0.29) is 12.1 Å². The number of hydrogen-bond acceptors (Lipinski definition) is 4. The normalized spacial score (nSPS) is 14.6. The van der Waals surface area contributed by atoms with Gasteiger partial charge in [-0.15, -0.1) is 0 Å². The minimum absolute atomic E-state index is 0.348.